The fraction of sp³-hybridized carbons (Fsp3) is 0.143. The number of benzene rings is 2. The summed E-state index contributed by atoms with van der Waals surface area (Å²) in [6.45, 7) is 4.22. The molecule has 0 amide bonds. The molecule has 0 saturated carbocycles. The van der Waals surface area contributed by atoms with Crippen molar-refractivity contribution in [1.29, 1.82) is 0 Å². The van der Waals surface area contributed by atoms with Gasteiger partial charge in [-0.15, -0.1) is 23.1 Å². The molecule has 0 saturated heterocycles. The number of hydrogen-bond donors (Lipinski definition) is 0. The van der Waals surface area contributed by atoms with Crippen LogP contribution < -0.4 is 0 Å². The van der Waals surface area contributed by atoms with Gasteiger partial charge in [-0.1, -0.05) is 66.7 Å². The largest absolute Gasteiger partial charge is 0.462 e. The lowest BCUT2D eigenvalue weighted by atomic mass is 10.1. The van der Waals surface area contributed by atoms with Crippen molar-refractivity contribution in [1.82, 2.24) is 4.40 Å². The highest BCUT2D eigenvalue weighted by Gasteiger charge is 2.30. The maximum Gasteiger partial charge on any atom is 0.341 e. The van der Waals surface area contributed by atoms with Crippen LogP contribution in [0.25, 0.3) is 16.4 Å². The van der Waals surface area contributed by atoms with E-state index in [-0.39, 0.29) is 17.6 Å². The standard InChI is InChI=1S/C28H23NO3S2/c1-3-32-27(31)22-21-16-10-11-17-29(21)24-23(22)26(25(30)20-14-8-5-9-15-20)34-28(24)33-18(2)19-12-6-4-7-13-19/h4-18H,3H2,1-2H3. The van der Waals surface area contributed by atoms with E-state index in [2.05, 4.69) is 19.1 Å². The topological polar surface area (TPSA) is 47.8 Å². The summed E-state index contributed by atoms with van der Waals surface area (Å²) in [6.07, 6.45) is 1.95. The predicted octanol–water partition coefficient (Wildman–Crippen LogP) is 7.42. The monoisotopic (exact) mass is 485 g/mol. The normalized spacial score (nSPS) is 12.2. The van der Waals surface area contributed by atoms with Gasteiger partial charge in [0.25, 0.3) is 0 Å². The molecule has 0 aliphatic carbocycles. The molecule has 170 valence electrons. The number of rotatable bonds is 7. The van der Waals surface area contributed by atoms with Crippen molar-refractivity contribution in [3.8, 4) is 0 Å². The number of thiophene rings is 1. The summed E-state index contributed by atoms with van der Waals surface area (Å²) < 4.78 is 8.45. The molecular weight excluding hydrogens is 462 g/mol. The molecule has 0 aliphatic heterocycles. The number of nitrogens with zero attached hydrogens (tertiary/aromatic N) is 1. The van der Waals surface area contributed by atoms with E-state index < -0.39 is 5.97 Å². The zero-order valence-electron chi connectivity index (χ0n) is 18.9. The summed E-state index contributed by atoms with van der Waals surface area (Å²) in [6, 6.07) is 25.3. The Balaban J connectivity index is 1.77. The van der Waals surface area contributed by atoms with Crippen molar-refractivity contribution in [3.63, 3.8) is 0 Å². The van der Waals surface area contributed by atoms with Gasteiger partial charge in [-0.05, 0) is 31.5 Å². The van der Waals surface area contributed by atoms with Gasteiger partial charge in [-0.25, -0.2) is 4.79 Å². The van der Waals surface area contributed by atoms with Gasteiger partial charge < -0.3 is 9.14 Å². The molecule has 1 atom stereocenters. The molecule has 34 heavy (non-hydrogen) atoms. The van der Waals surface area contributed by atoms with Crippen LogP contribution in [0.4, 0.5) is 0 Å². The molecule has 1 unspecified atom stereocenters. The van der Waals surface area contributed by atoms with Crippen molar-refractivity contribution in [2.75, 3.05) is 6.61 Å². The lowest BCUT2D eigenvalue weighted by molar-refractivity contribution is 0.0531. The molecule has 6 heteroatoms. The minimum atomic E-state index is -0.409. The summed E-state index contributed by atoms with van der Waals surface area (Å²) in [5, 5.41) is 0.842. The number of ketones is 1. The molecule has 3 aromatic heterocycles. The highest BCUT2D eigenvalue weighted by molar-refractivity contribution is 8.01. The Morgan fingerprint density at radius 3 is 2.35 bits per heavy atom. The van der Waals surface area contributed by atoms with Gasteiger partial charge in [-0.2, -0.15) is 0 Å². The smallest absolute Gasteiger partial charge is 0.341 e. The van der Waals surface area contributed by atoms with Gasteiger partial charge in [0.05, 0.1) is 32.3 Å². The van der Waals surface area contributed by atoms with E-state index >= 15 is 0 Å². The fourth-order valence-corrected chi connectivity index (χ4v) is 6.94. The third kappa shape index (κ3) is 3.93. The highest BCUT2D eigenvalue weighted by atomic mass is 32.2. The second-order valence-electron chi connectivity index (χ2n) is 7.86. The van der Waals surface area contributed by atoms with Gasteiger partial charge in [-0.3, -0.25) is 4.79 Å². The molecular formula is C28H23NO3S2. The van der Waals surface area contributed by atoms with Crippen molar-refractivity contribution in [3.05, 3.63) is 107 Å². The Kier molecular flexibility index (Phi) is 6.26. The number of ether oxygens (including phenoxy) is 1. The van der Waals surface area contributed by atoms with E-state index in [9.17, 15) is 9.59 Å². The van der Waals surface area contributed by atoms with Crippen molar-refractivity contribution < 1.29 is 14.3 Å². The number of esters is 1. The molecule has 5 aromatic rings. The summed E-state index contributed by atoms with van der Waals surface area (Å²) in [4.78, 5) is 27.4. The maximum atomic E-state index is 13.7. The predicted molar refractivity (Wildman–Crippen MR) is 139 cm³/mol. The molecule has 0 fully saturated rings. The van der Waals surface area contributed by atoms with Crippen LogP contribution >= 0.6 is 23.1 Å². The lowest BCUT2D eigenvalue weighted by Gasteiger charge is -2.10. The van der Waals surface area contributed by atoms with Gasteiger partial charge in [0.15, 0.2) is 0 Å². The summed E-state index contributed by atoms with van der Waals surface area (Å²) >= 11 is 3.16. The first-order valence-electron chi connectivity index (χ1n) is 11.1. The van der Waals surface area contributed by atoms with Crippen LogP contribution in [0.15, 0.2) is 89.3 Å². The minimum absolute atomic E-state index is 0.0868. The molecule has 0 aliphatic rings. The van der Waals surface area contributed by atoms with E-state index in [1.165, 1.54) is 16.9 Å². The quantitative estimate of drug-likeness (QED) is 0.137. The van der Waals surface area contributed by atoms with Crippen molar-refractivity contribution >= 4 is 51.3 Å². The van der Waals surface area contributed by atoms with E-state index in [0.29, 0.717) is 21.4 Å². The molecule has 0 radical (unpaired) electrons. The Morgan fingerprint density at radius 1 is 0.971 bits per heavy atom. The van der Waals surface area contributed by atoms with Gasteiger partial charge in [0, 0.05) is 22.4 Å². The van der Waals surface area contributed by atoms with Gasteiger partial charge in [0.1, 0.15) is 0 Å². The van der Waals surface area contributed by atoms with Crippen LogP contribution in [-0.4, -0.2) is 22.8 Å². The summed E-state index contributed by atoms with van der Waals surface area (Å²) in [7, 11) is 0. The van der Waals surface area contributed by atoms with Crippen LogP contribution in [0.1, 0.15) is 50.3 Å². The number of hydrogen-bond acceptors (Lipinski definition) is 5. The van der Waals surface area contributed by atoms with Gasteiger partial charge in [0.2, 0.25) is 5.78 Å². The van der Waals surface area contributed by atoms with Crippen LogP contribution in [-0.2, 0) is 4.74 Å². The van der Waals surface area contributed by atoms with Crippen molar-refractivity contribution in [2.24, 2.45) is 0 Å². The Bertz CT molecular complexity index is 1490. The molecule has 4 nitrogen and oxygen atoms in total. The Morgan fingerprint density at radius 2 is 1.65 bits per heavy atom. The number of aromatic nitrogens is 1. The molecule has 5 rings (SSSR count). The second kappa shape index (κ2) is 9.49. The second-order valence-corrected chi connectivity index (χ2v) is 10.5. The van der Waals surface area contributed by atoms with Crippen molar-refractivity contribution in [2.45, 2.75) is 23.3 Å². The number of carbonyl (C=O) groups excluding carboxylic acids is 2. The summed E-state index contributed by atoms with van der Waals surface area (Å²) in [5.74, 6) is -0.495. The van der Waals surface area contributed by atoms with Crippen LogP contribution in [0, 0.1) is 0 Å². The molecule has 2 aromatic carbocycles. The zero-order valence-corrected chi connectivity index (χ0v) is 20.5. The number of thioether (sulfide) groups is 1. The summed E-state index contributed by atoms with van der Waals surface area (Å²) in [5.41, 5.74) is 3.89. The van der Waals surface area contributed by atoms with E-state index in [1.807, 2.05) is 77.3 Å². The third-order valence-electron chi connectivity index (χ3n) is 5.73. The lowest BCUT2D eigenvalue weighted by Crippen LogP contribution is -2.06. The Labute approximate surface area is 206 Å². The Hall–Kier alpha value is -3.35. The molecule has 0 spiro atoms. The molecule has 0 N–H and O–H groups in total. The van der Waals surface area contributed by atoms with E-state index in [1.54, 1.807) is 18.7 Å². The number of carbonyl (C=O) groups is 2. The first kappa shape index (κ1) is 22.4. The molecule has 0 bridgehead atoms. The van der Waals surface area contributed by atoms with Crippen LogP contribution in [0.5, 0.6) is 0 Å². The van der Waals surface area contributed by atoms with Crippen LogP contribution in [0.2, 0.25) is 0 Å². The van der Waals surface area contributed by atoms with E-state index in [0.717, 1.165) is 15.2 Å². The number of pyridine rings is 1. The average Bonchev–Trinajstić information content (AvgIpc) is 3.40. The minimum Gasteiger partial charge on any atom is -0.462 e. The van der Waals surface area contributed by atoms with E-state index in [4.69, 9.17) is 4.74 Å². The van der Waals surface area contributed by atoms with Crippen LogP contribution in [0.3, 0.4) is 0 Å². The fourth-order valence-electron chi connectivity index (χ4n) is 4.15. The first-order chi connectivity index (χ1) is 16.6. The number of fused-ring (bicyclic) bond motifs is 3. The zero-order chi connectivity index (χ0) is 23.7. The first-order valence-corrected chi connectivity index (χ1v) is 12.8. The maximum absolute atomic E-state index is 13.7. The SMILES string of the molecule is CCOC(=O)c1c2c(C(=O)c3ccccc3)sc(SC(C)c3ccccc3)c2n2ccccc12. The van der Waals surface area contributed by atoms with Gasteiger partial charge >= 0.3 is 5.97 Å². The average molecular weight is 486 g/mol. The molecule has 3 heterocycles. The third-order valence-corrected chi connectivity index (χ3v) is 8.28. The highest BCUT2D eigenvalue weighted by Crippen LogP contribution is 2.47.